The topological polar surface area (TPSA) is 125 Å². The second kappa shape index (κ2) is 6.11. The number of nitrogens with zero attached hydrogens (tertiary/aromatic N) is 3. The number of fused-ring (bicyclic) bond motifs is 1. The van der Waals surface area contributed by atoms with Crippen LogP contribution in [-0.2, 0) is 14.4 Å². The highest BCUT2D eigenvalue weighted by atomic mass is 32.1. The number of hydrogen-bond donors (Lipinski definition) is 2. The van der Waals surface area contributed by atoms with Crippen molar-refractivity contribution < 1.29 is 19.3 Å². The van der Waals surface area contributed by atoms with Crippen molar-refractivity contribution in [2.45, 2.75) is 31.8 Å². The molecule has 2 N–H and O–H groups in total. The van der Waals surface area contributed by atoms with Crippen molar-refractivity contribution in [1.82, 2.24) is 15.3 Å². The van der Waals surface area contributed by atoms with Crippen molar-refractivity contribution >= 4 is 46.4 Å². The van der Waals surface area contributed by atoms with Gasteiger partial charge in [0.1, 0.15) is 11.6 Å². The molecule has 10 nitrogen and oxygen atoms in total. The van der Waals surface area contributed by atoms with Gasteiger partial charge in [0.15, 0.2) is 5.11 Å². The van der Waals surface area contributed by atoms with Crippen LogP contribution in [0.3, 0.4) is 0 Å². The molecule has 26 heavy (non-hydrogen) atoms. The summed E-state index contributed by atoms with van der Waals surface area (Å²) in [6.07, 6.45) is -0.167. The number of nitrogens with one attached hydrogen (secondary N) is 2. The lowest BCUT2D eigenvalue weighted by Crippen LogP contribution is -2.71. The molecule has 0 spiro atoms. The summed E-state index contributed by atoms with van der Waals surface area (Å²) in [7, 11) is 0. The summed E-state index contributed by atoms with van der Waals surface area (Å²) in [5.41, 5.74) is -1.14. The number of benzene rings is 1. The molecule has 0 bridgehead atoms. The van der Waals surface area contributed by atoms with Gasteiger partial charge in [-0.1, -0.05) is 6.07 Å². The van der Waals surface area contributed by atoms with E-state index in [1.54, 1.807) is 13.8 Å². The number of carbonyl (C=O) groups is 3. The van der Waals surface area contributed by atoms with Gasteiger partial charge in [0.25, 0.3) is 5.69 Å². The van der Waals surface area contributed by atoms with E-state index in [1.165, 1.54) is 29.3 Å². The van der Waals surface area contributed by atoms with Crippen LogP contribution in [0.4, 0.5) is 11.4 Å². The molecule has 1 atom stereocenters. The highest BCUT2D eigenvalue weighted by Crippen LogP contribution is 2.33. The Labute approximate surface area is 153 Å². The number of hydrazine groups is 1. The molecule has 2 aliphatic rings. The smallest absolute Gasteiger partial charge is 0.271 e. The van der Waals surface area contributed by atoms with Gasteiger partial charge in [-0.25, -0.2) is 5.01 Å². The number of anilines is 1. The zero-order chi connectivity index (χ0) is 19.2. The Hall–Kier alpha value is -2.92. The van der Waals surface area contributed by atoms with E-state index in [4.69, 9.17) is 12.2 Å². The maximum atomic E-state index is 12.7. The van der Waals surface area contributed by atoms with E-state index in [9.17, 15) is 24.5 Å². The second-order valence-electron chi connectivity index (χ2n) is 6.39. The Morgan fingerprint density at radius 3 is 2.77 bits per heavy atom. The lowest BCUT2D eigenvalue weighted by Gasteiger charge is -2.45. The van der Waals surface area contributed by atoms with Crippen molar-refractivity contribution in [2.75, 3.05) is 5.32 Å². The molecule has 136 valence electrons. The summed E-state index contributed by atoms with van der Waals surface area (Å²) in [5, 5.41) is 18.3. The van der Waals surface area contributed by atoms with E-state index in [1.807, 2.05) is 0 Å². The third-order valence-corrected chi connectivity index (χ3v) is 4.56. The predicted molar refractivity (Wildman–Crippen MR) is 93.6 cm³/mol. The third-order valence-electron chi connectivity index (χ3n) is 4.28. The van der Waals surface area contributed by atoms with E-state index in [2.05, 4.69) is 10.6 Å². The quantitative estimate of drug-likeness (QED) is 0.447. The molecule has 0 aliphatic carbocycles. The third kappa shape index (κ3) is 2.80. The van der Waals surface area contributed by atoms with Crippen LogP contribution in [0, 0.1) is 10.1 Å². The summed E-state index contributed by atoms with van der Waals surface area (Å²) in [4.78, 5) is 47.5. The fourth-order valence-corrected chi connectivity index (χ4v) is 3.26. The van der Waals surface area contributed by atoms with Crippen molar-refractivity contribution in [3.05, 3.63) is 34.4 Å². The molecule has 3 amide bonds. The number of carbonyl (C=O) groups excluding carboxylic acids is 3. The number of non-ortho nitro benzene ring substituents is 1. The van der Waals surface area contributed by atoms with E-state index in [0.717, 1.165) is 5.01 Å². The lowest BCUT2D eigenvalue weighted by atomic mass is 10.00. The van der Waals surface area contributed by atoms with Gasteiger partial charge < -0.3 is 5.32 Å². The molecule has 2 fully saturated rings. The Morgan fingerprint density at radius 1 is 1.42 bits per heavy atom. The molecule has 0 unspecified atom stereocenters. The first-order valence-corrected chi connectivity index (χ1v) is 8.06. The van der Waals surface area contributed by atoms with Gasteiger partial charge in [0.2, 0.25) is 17.7 Å². The zero-order valence-corrected chi connectivity index (χ0v) is 14.7. The van der Waals surface area contributed by atoms with Gasteiger partial charge in [-0.2, -0.15) is 5.01 Å². The molecule has 11 heteroatoms. The molecule has 1 aromatic carbocycles. The first kappa shape index (κ1) is 17.9. The zero-order valence-electron chi connectivity index (χ0n) is 13.9. The minimum Gasteiger partial charge on any atom is -0.324 e. The van der Waals surface area contributed by atoms with Crippen LogP contribution in [0.2, 0.25) is 0 Å². The maximum absolute atomic E-state index is 12.7. The number of thiocarbonyl (C=S) groups is 1. The largest absolute Gasteiger partial charge is 0.324 e. The summed E-state index contributed by atoms with van der Waals surface area (Å²) in [5.74, 6) is -1.41. The number of nitro benzene ring substituents is 1. The average Bonchev–Trinajstić information content (AvgIpc) is 2.92. The molecule has 1 aromatic rings. The maximum Gasteiger partial charge on any atom is 0.271 e. The van der Waals surface area contributed by atoms with E-state index in [0.29, 0.717) is 0 Å². The Bertz CT molecular complexity index is 855. The molecule has 0 saturated carbocycles. The summed E-state index contributed by atoms with van der Waals surface area (Å²) in [6.45, 7) is 3.15. The number of rotatable bonds is 3. The fraction of sp³-hybridized carbons (Fsp3) is 0.333. The van der Waals surface area contributed by atoms with Crippen LogP contribution in [0.25, 0.3) is 0 Å². The normalized spacial score (nSPS) is 22.0. The van der Waals surface area contributed by atoms with Crippen molar-refractivity contribution in [3.8, 4) is 0 Å². The standard InChI is InChI=1S/C15H15N5O5S/c1-15(2)13(23)17-14(26)18-11(21)7-10(19(15)18)12(22)16-8-4-3-5-9(6-8)20(24)25/h3-6,10H,7H2,1-2H3,(H,16,22)(H,17,23,26)/t10-/m1/s1. The SMILES string of the molecule is CC1(C)C(=O)NC(=S)N2C(=O)C[C@H](C(=O)Nc3cccc([N+](=O)[O-])c3)N21. The molecule has 2 saturated heterocycles. The lowest BCUT2D eigenvalue weighted by molar-refractivity contribution is -0.384. The molecule has 3 rings (SSSR count). The first-order valence-electron chi connectivity index (χ1n) is 7.66. The molecule has 0 radical (unpaired) electrons. The van der Waals surface area contributed by atoms with Crippen LogP contribution in [0.5, 0.6) is 0 Å². The van der Waals surface area contributed by atoms with Gasteiger partial charge in [0, 0.05) is 17.8 Å². The van der Waals surface area contributed by atoms with Gasteiger partial charge >= 0.3 is 0 Å². The monoisotopic (exact) mass is 377 g/mol. The molecular formula is C15H15N5O5S. The number of amides is 3. The minimum atomic E-state index is -1.18. The van der Waals surface area contributed by atoms with Gasteiger partial charge in [-0.3, -0.25) is 29.8 Å². The summed E-state index contributed by atoms with van der Waals surface area (Å²) >= 11 is 5.04. The van der Waals surface area contributed by atoms with Gasteiger partial charge in [0.05, 0.1) is 11.3 Å². The van der Waals surface area contributed by atoms with E-state index >= 15 is 0 Å². The van der Waals surface area contributed by atoms with Crippen LogP contribution < -0.4 is 10.6 Å². The Morgan fingerprint density at radius 2 is 2.12 bits per heavy atom. The summed E-state index contributed by atoms with van der Waals surface area (Å²) in [6, 6.07) is 4.48. The van der Waals surface area contributed by atoms with Crippen LogP contribution in [-0.4, -0.2) is 49.4 Å². The summed E-state index contributed by atoms with van der Waals surface area (Å²) < 4.78 is 0. The molecule has 2 aliphatic heterocycles. The van der Waals surface area contributed by atoms with E-state index in [-0.39, 0.29) is 22.9 Å². The number of hydrogen-bond acceptors (Lipinski definition) is 7. The Kier molecular flexibility index (Phi) is 4.20. The van der Waals surface area contributed by atoms with Crippen LogP contribution in [0.1, 0.15) is 20.3 Å². The van der Waals surface area contributed by atoms with E-state index < -0.39 is 34.2 Å². The van der Waals surface area contributed by atoms with Gasteiger partial charge in [-0.05, 0) is 32.1 Å². The highest BCUT2D eigenvalue weighted by Gasteiger charge is 2.56. The van der Waals surface area contributed by atoms with Gasteiger partial charge in [-0.15, -0.1) is 0 Å². The second-order valence-corrected chi connectivity index (χ2v) is 6.77. The Balaban J connectivity index is 1.88. The van der Waals surface area contributed by atoms with Crippen molar-refractivity contribution in [1.29, 1.82) is 0 Å². The molecule has 2 heterocycles. The molecular weight excluding hydrogens is 362 g/mol. The minimum absolute atomic E-state index is 0.0787. The fourth-order valence-electron chi connectivity index (χ4n) is 2.98. The molecule has 0 aromatic heterocycles. The van der Waals surface area contributed by atoms with Crippen molar-refractivity contribution in [2.24, 2.45) is 0 Å². The predicted octanol–water partition coefficient (Wildman–Crippen LogP) is 0.544. The van der Waals surface area contributed by atoms with Crippen molar-refractivity contribution in [3.63, 3.8) is 0 Å². The average molecular weight is 377 g/mol. The highest BCUT2D eigenvalue weighted by molar-refractivity contribution is 7.80. The van der Waals surface area contributed by atoms with Crippen LogP contribution >= 0.6 is 12.2 Å². The first-order chi connectivity index (χ1) is 12.1. The van der Waals surface area contributed by atoms with Crippen LogP contribution in [0.15, 0.2) is 24.3 Å². The number of nitro groups is 1.